The van der Waals surface area contributed by atoms with Crippen molar-refractivity contribution >= 4 is 39.5 Å². The number of anilines is 2. The highest BCUT2D eigenvalue weighted by Gasteiger charge is 2.66. The summed E-state index contributed by atoms with van der Waals surface area (Å²) in [6.45, 7) is 2.32. The summed E-state index contributed by atoms with van der Waals surface area (Å²) in [5, 5.41) is 3.37. The van der Waals surface area contributed by atoms with Crippen molar-refractivity contribution in [1.82, 2.24) is 15.0 Å². The number of methoxy groups -OCH3 is 1. The average Bonchev–Trinajstić information content (AvgIpc) is 3.54. The monoisotopic (exact) mass is 496 g/mol. The minimum absolute atomic E-state index is 0.0561. The van der Waals surface area contributed by atoms with E-state index in [1.165, 1.54) is 24.3 Å². The molecule has 1 fully saturated rings. The van der Waals surface area contributed by atoms with Gasteiger partial charge in [0.15, 0.2) is 22.6 Å². The Bertz CT molecular complexity index is 1400. The molecular weight excluding hydrogens is 474 g/mol. The summed E-state index contributed by atoms with van der Waals surface area (Å²) in [7, 11) is 1.61. The zero-order chi connectivity index (χ0) is 24.8. The van der Waals surface area contributed by atoms with Gasteiger partial charge in [0, 0.05) is 36.4 Å². The van der Waals surface area contributed by atoms with Crippen LogP contribution in [0, 0.1) is 29.9 Å². The van der Waals surface area contributed by atoms with Crippen molar-refractivity contribution < 1.29 is 18.3 Å². The third-order valence-electron chi connectivity index (χ3n) is 6.35. The van der Waals surface area contributed by atoms with Crippen LogP contribution in [0.4, 0.5) is 20.3 Å². The van der Waals surface area contributed by atoms with Crippen LogP contribution in [-0.4, -0.2) is 45.2 Å². The highest BCUT2D eigenvalue weighted by atomic mass is 32.2. The van der Waals surface area contributed by atoms with Gasteiger partial charge in [-0.1, -0.05) is 17.7 Å². The number of aliphatic imine (C=N–C) groups is 1. The molecule has 0 unspecified atom stereocenters. The van der Waals surface area contributed by atoms with Gasteiger partial charge in [-0.15, -0.1) is 6.42 Å². The maximum absolute atomic E-state index is 15.2. The zero-order valence-electron chi connectivity index (χ0n) is 19.0. The molecule has 0 spiro atoms. The molecule has 1 aromatic carbocycles. The Kier molecular flexibility index (Phi) is 5.73. The number of rotatable bonds is 7. The van der Waals surface area contributed by atoms with E-state index in [2.05, 4.69) is 31.2 Å². The number of pyridine rings is 1. The maximum Gasteiger partial charge on any atom is 0.164 e. The summed E-state index contributed by atoms with van der Waals surface area (Å²) in [6.07, 6.45) is 8.79. The number of amidine groups is 1. The molecule has 8 nitrogen and oxygen atoms in total. The fourth-order valence-electron chi connectivity index (χ4n) is 4.72. The van der Waals surface area contributed by atoms with E-state index in [-0.39, 0.29) is 22.8 Å². The summed E-state index contributed by atoms with van der Waals surface area (Å²) >= 11 is 1.43. The van der Waals surface area contributed by atoms with Crippen molar-refractivity contribution in [2.75, 3.05) is 25.6 Å². The normalized spacial score (nSPS) is 24.9. The van der Waals surface area contributed by atoms with Crippen molar-refractivity contribution in [3.8, 4) is 18.1 Å². The highest BCUT2D eigenvalue weighted by Crippen LogP contribution is 2.66. The molecule has 3 heterocycles. The first kappa shape index (κ1) is 23.3. The van der Waals surface area contributed by atoms with Crippen molar-refractivity contribution in [1.29, 1.82) is 0 Å². The van der Waals surface area contributed by atoms with Gasteiger partial charge in [0.2, 0.25) is 0 Å². The molecule has 1 aliphatic carbocycles. The van der Waals surface area contributed by atoms with E-state index < -0.39 is 17.2 Å². The number of ether oxygens (including phenoxy) is 2. The van der Waals surface area contributed by atoms with Crippen molar-refractivity contribution in [2.45, 2.75) is 23.6 Å². The summed E-state index contributed by atoms with van der Waals surface area (Å²) in [5.74, 6) is 1.14. The molecule has 11 heteroatoms. The minimum Gasteiger partial charge on any atom is -0.479 e. The van der Waals surface area contributed by atoms with E-state index in [1.807, 2.05) is 0 Å². The van der Waals surface area contributed by atoms with Crippen LogP contribution in [0.25, 0.3) is 11.0 Å². The first-order valence-electron chi connectivity index (χ1n) is 10.8. The van der Waals surface area contributed by atoms with Gasteiger partial charge in [0.25, 0.3) is 0 Å². The molecule has 0 radical (unpaired) electrons. The van der Waals surface area contributed by atoms with E-state index >= 15 is 4.39 Å². The van der Waals surface area contributed by atoms with Crippen molar-refractivity contribution in [3.05, 3.63) is 47.9 Å². The number of halogens is 2. The number of hydrogen-bond donors (Lipinski definition) is 2. The van der Waals surface area contributed by atoms with Crippen LogP contribution in [0.5, 0.6) is 5.75 Å². The molecule has 2 aliphatic rings. The van der Waals surface area contributed by atoms with E-state index in [0.717, 1.165) is 12.5 Å². The number of fused-ring (bicyclic) bond motifs is 2. The molecule has 0 bridgehead atoms. The fourth-order valence-corrected chi connectivity index (χ4v) is 6.17. The number of nitrogens with two attached hydrogens (primary N) is 1. The number of nitrogens with one attached hydrogen (secondary N) is 1. The number of thioether (sulfide) groups is 1. The standard InChI is InChI=1S/C24H22F2N6O2S/c1-4-5-34-14-8-17-20(28-10-14)21(30-12-29-17)31-13-6-15(19(26)16(25)7-13)23(2)18-9-24(18,11-33-3)35-22(27)32-23/h1,6-8,10,12,18H,5,9,11H2,2-3H3,(H2,27,32)(H,29,30,31)/t18-,23-,24+/m0/s1. The first-order valence-corrected chi connectivity index (χ1v) is 11.6. The van der Waals surface area contributed by atoms with Gasteiger partial charge in [-0.05, 0) is 19.4 Å². The fraction of sp³-hybridized carbons (Fsp3) is 0.333. The lowest BCUT2D eigenvalue weighted by Gasteiger charge is -2.34. The van der Waals surface area contributed by atoms with Gasteiger partial charge >= 0.3 is 0 Å². The average molecular weight is 497 g/mol. The third kappa shape index (κ3) is 4.02. The lowest BCUT2D eigenvalue weighted by Crippen LogP contribution is -2.37. The smallest absolute Gasteiger partial charge is 0.164 e. The highest BCUT2D eigenvalue weighted by molar-refractivity contribution is 8.15. The summed E-state index contributed by atoms with van der Waals surface area (Å²) < 4.78 is 40.5. The van der Waals surface area contributed by atoms with Gasteiger partial charge < -0.3 is 20.5 Å². The van der Waals surface area contributed by atoms with Gasteiger partial charge in [-0.3, -0.25) is 4.99 Å². The lowest BCUT2D eigenvalue weighted by atomic mass is 9.85. The summed E-state index contributed by atoms with van der Waals surface area (Å²) in [6, 6.07) is 4.28. The Hall–Kier alpha value is -3.49. The molecule has 3 N–H and O–H groups in total. The Morgan fingerprint density at radius 3 is 2.89 bits per heavy atom. The molecule has 0 amide bonds. The molecule has 180 valence electrons. The molecule has 5 rings (SSSR count). The molecule has 3 atom stereocenters. The van der Waals surface area contributed by atoms with Crippen LogP contribution < -0.4 is 15.8 Å². The number of benzene rings is 1. The Balaban J connectivity index is 1.52. The van der Waals surface area contributed by atoms with Gasteiger partial charge in [0.1, 0.15) is 24.2 Å². The van der Waals surface area contributed by atoms with Crippen molar-refractivity contribution in [2.24, 2.45) is 16.6 Å². The van der Waals surface area contributed by atoms with E-state index in [0.29, 0.717) is 40.1 Å². The molecule has 0 saturated heterocycles. The topological polar surface area (TPSA) is 108 Å². The Morgan fingerprint density at radius 1 is 1.29 bits per heavy atom. The van der Waals surface area contributed by atoms with Crippen LogP contribution in [0.3, 0.4) is 0 Å². The van der Waals surface area contributed by atoms with Crippen molar-refractivity contribution in [3.63, 3.8) is 0 Å². The first-order chi connectivity index (χ1) is 16.8. The predicted octanol–water partition coefficient (Wildman–Crippen LogP) is 3.74. The predicted molar refractivity (Wildman–Crippen MR) is 131 cm³/mol. The quantitative estimate of drug-likeness (QED) is 0.477. The largest absolute Gasteiger partial charge is 0.479 e. The summed E-state index contributed by atoms with van der Waals surface area (Å²) in [5.41, 5.74) is 6.39. The molecule has 1 saturated carbocycles. The SMILES string of the molecule is C#CCOc1cnc2c(Nc3cc(F)c(F)c([C@]4(C)N=C(N)S[C@@]5(COC)C[C@H]54)c3)ncnc2c1. The Morgan fingerprint density at radius 2 is 2.11 bits per heavy atom. The van der Waals surface area contributed by atoms with Crippen LogP contribution >= 0.6 is 11.8 Å². The molecule has 35 heavy (non-hydrogen) atoms. The minimum atomic E-state index is -1.05. The van der Waals surface area contributed by atoms with Crippen LogP contribution in [0.2, 0.25) is 0 Å². The number of aromatic nitrogens is 3. The van der Waals surface area contributed by atoms with E-state index in [9.17, 15) is 4.39 Å². The lowest BCUT2D eigenvalue weighted by molar-refractivity contribution is 0.184. The van der Waals surface area contributed by atoms with Crippen LogP contribution in [0.1, 0.15) is 18.9 Å². The molecule has 1 aliphatic heterocycles. The number of terminal acetylenes is 1. The second-order valence-electron chi connectivity index (χ2n) is 8.65. The molecule has 3 aromatic rings. The molecule has 2 aromatic heterocycles. The second-order valence-corrected chi connectivity index (χ2v) is 10.1. The number of hydrogen-bond acceptors (Lipinski definition) is 9. The second kappa shape index (κ2) is 8.62. The Labute approximate surface area is 204 Å². The van der Waals surface area contributed by atoms with Gasteiger partial charge in [-0.2, -0.15) is 0 Å². The summed E-state index contributed by atoms with van der Waals surface area (Å²) in [4.78, 5) is 17.4. The van der Waals surface area contributed by atoms with Gasteiger partial charge in [0.05, 0.1) is 28.6 Å². The zero-order valence-corrected chi connectivity index (χ0v) is 19.8. The number of nitrogens with zero attached hydrogens (tertiary/aromatic N) is 4. The maximum atomic E-state index is 15.2. The third-order valence-corrected chi connectivity index (χ3v) is 7.63. The van der Waals surface area contributed by atoms with Crippen LogP contribution in [0.15, 0.2) is 35.7 Å². The van der Waals surface area contributed by atoms with Gasteiger partial charge in [-0.25, -0.2) is 23.7 Å². The van der Waals surface area contributed by atoms with E-state index in [4.69, 9.17) is 21.6 Å². The van der Waals surface area contributed by atoms with Crippen LogP contribution in [-0.2, 0) is 10.3 Å². The van der Waals surface area contributed by atoms with E-state index in [1.54, 1.807) is 26.2 Å². The molecular formula is C24H22F2N6O2S.